The fourth-order valence-electron chi connectivity index (χ4n) is 4.53. The third-order valence-electron chi connectivity index (χ3n) is 6.92. The molecule has 3 heterocycles. The zero-order valence-corrected chi connectivity index (χ0v) is 26.0. The Bertz CT molecular complexity index is 1480. The number of pyridine rings is 1. The van der Waals surface area contributed by atoms with Crippen LogP contribution in [0.25, 0.3) is 9.69 Å². The minimum Gasteiger partial charge on any atom is -0.423 e. The van der Waals surface area contributed by atoms with E-state index in [0.29, 0.717) is 24.6 Å². The summed E-state index contributed by atoms with van der Waals surface area (Å²) < 4.78 is 10.4. The van der Waals surface area contributed by atoms with Gasteiger partial charge in [-0.1, -0.05) is 65.5 Å². The Labute approximate surface area is 268 Å². The molecule has 0 saturated heterocycles. The lowest BCUT2D eigenvalue weighted by molar-refractivity contribution is 0.275. The van der Waals surface area contributed by atoms with E-state index in [0.717, 1.165) is 44.9 Å². The average molecular weight is 605 g/mol. The van der Waals surface area contributed by atoms with Crippen LogP contribution in [0.5, 0.6) is 0 Å². The van der Waals surface area contributed by atoms with Crippen LogP contribution in [0.1, 0.15) is 46.2 Å². The molecule has 2 aliphatic rings. The quantitative estimate of drug-likeness (QED) is 0.202. The van der Waals surface area contributed by atoms with E-state index in [1.807, 2.05) is 106 Å². The van der Waals surface area contributed by atoms with E-state index < -0.39 is 14.2 Å². The standard InChI is InChI=1S/C15H13BN2O2.C14H12BN3O2.2C2H6.CH4/c1-17-12-3-5-13(6-4-12)18(2)14-7-8-15-11(9-14)10-20-16(15)19;1-16-11-3-6-14(17-8-11)18(2)12-4-5-13-10(7-12)9-20-15(13)19;2*1-2;/h3-9,19H,10H2,2H3;3-8,19H,9H2,2H3;2*1-2H3;1H4. The smallest absolute Gasteiger partial charge is 0.423 e. The van der Waals surface area contributed by atoms with Crippen LogP contribution in [0.3, 0.4) is 0 Å². The molecule has 9 nitrogen and oxygen atoms in total. The van der Waals surface area contributed by atoms with Gasteiger partial charge in [0.25, 0.3) is 0 Å². The van der Waals surface area contributed by atoms with Gasteiger partial charge in [0.15, 0.2) is 5.69 Å². The molecular formula is C34H41B2N5O4. The number of anilines is 4. The van der Waals surface area contributed by atoms with Crippen molar-refractivity contribution >= 4 is 59.4 Å². The number of fused-ring (bicyclic) bond motifs is 2. The first-order valence-corrected chi connectivity index (χ1v) is 14.5. The van der Waals surface area contributed by atoms with Gasteiger partial charge in [0.1, 0.15) is 5.82 Å². The Hall–Kier alpha value is -4.64. The van der Waals surface area contributed by atoms with Crippen LogP contribution in [0.4, 0.5) is 34.3 Å². The number of rotatable bonds is 4. The summed E-state index contributed by atoms with van der Waals surface area (Å²) in [5.74, 6) is 0.761. The van der Waals surface area contributed by atoms with Gasteiger partial charge in [-0.15, -0.1) is 0 Å². The van der Waals surface area contributed by atoms with Crippen molar-refractivity contribution in [3.63, 3.8) is 0 Å². The SMILES string of the molecule is C.CC.CC.[C-]#[N+]c1ccc(N(C)c2ccc3c(c2)COB3O)cc1.[C-]#[N+]c1ccc(N(C)c2ccc3c(c2)COB3O)nc1. The second kappa shape index (κ2) is 17.6. The van der Waals surface area contributed by atoms with E-state index in [-0.39, 0.29) is 7.43 Å². The molecule has 0 fully saturated rings. The summed E-state index contributed by atoms with van der Waals surface area (Å²) in [5.41, 5.74) is 7.81. The molecule has 2 aliphatic heterocycles. The molecule has 0 atom stereocenters. The molecule has 0 bridgehead atoms. The third kappa shape index (κ3) is 8.72. The molecule has 45 heavy (non-hydrogen) atoms. The number of hydrogen-bond acceptors (Lipinski definition) is 7. The number of benzene rings is 3. The van der Waals surface area contributed by atoms with E-state index in [1.165, 1.54) is 0 Å². The zero-order valence-electron chi connectivity index (χ0n) is 26.0. The molecule has 1 aromatic heterocycles. The Kier molecular flexibility index (Phi) is 14.3. The van der Waals surface area contributed by atoms with Crippen LogP contribution < -0.4 is 20.7 Å². The van der Waals surface area contributed by atoms with E-state index in [1.54, 1.807) is 24.4 Å². The maximum Gasteiger partial charge on any atom is 0.491 e. The first-order valence-electron chi connectivity index (χ1n) is 14.5. The van der Waals surface area contributed by atoms with E-state index in [2.05, 4.69) is 14.7 Å². The van der Waals surface area contributed by atoms with Gasteiger partial charge in [-0.25, -0.2) is 9.69 Å². The van der Waals surface area contributed by atoms with E-state index >= 15 is 0 Å². The Morgan fingerprint density at radius 2 is 1.11 bits per heavy atom. The van der Waals surface area contributed by atoms with Gasteiger partial charge in [0.2, 0.25) is 5.69 Å². The molecule has 2 N–H and O–H groups in total. The summed E-state index contributed by atoms with van der Waals surface area (Å²) in [5, 5.41) is 19.2. The molecule has 11 heteroatoms. The molecule has 0 amide bonds. The summed E-state index contributed by atoms with van der Waals surface area (Å²) in [6, 6.07) is 22.7. The minimum absolute atomic E-state index is 0. The third-order valence-corrected chi connectivity index (χ3v) is 6.92. The van der Waals surface area contributed by atoms with Crippen molar-refractivity contribution in [2.24, 2.45) is 0 Å². The summed E-state index contributed by atoms with van der Waals surface area (Å²) in [6.45, 7) is 22.7. The molecule has 0 saturated carbocycles. The Morgan fingerprint density at radius 3 is 1.56 bits per heavy atom. The first-order chi connectivity index (χ1) is 21.4. The first kappa shape index (κ1) is 36.6. The Morgan fingerprint density at radius 1 is 0.667 bits per heavy atom. The van der Waals surface area contributed by atoms with Crippen molar-refractivity contribution in [2.75, 3.05) is 23.9 Å². The van der Waals surface area contributed by atoms with Crippen LogP contribution in [0.15, 0.2) is 79.0 Å². The largest absolute Gasteiger partial charge is 0.491 e. The summed E-state index contributed by atoms with van der Waals surface area (Å²) >= 11 is 0. The van der Waals surface area contributed by atoms with Gasteiger partial charge in [0, 0.05) is 37.4 Å². The molecule has 6 rings (SSSR count). The highest BCUT2D eigenvalue weighted by Gasteiger charge is 2.28. The van der Waals surface area contributed by atoms with Gasteiger partial charge in [-0.3, -0.25) is 4.98 Å². The number of aromatic nitrogens is 1. The topological polar surface area (TPSA) is 87.0 Å². The van der Waals surface area contributed by atoms with Crippen molar-refractivity contribution in [3.05, 3.63) is 113 Å². The average Bonchev–Trinajstić information content (AvgIpc) is 3.67. The second-order valence-corrected chi connectivity index (χ2v) is 9.33. The predicted octanol–water partition coefficient (Wildman–Crippen LogP) is 6.53. The fourth-order valence-corrected chi connectivity index (χ4v) is 4.53. The maximum absolute atomic E-state index is 9.62. The lowest BCUT2D eigenvalue weighted by atomic mass is 9.79. The van der Waals surface area contributed by atoms with Gasteiger partial charge < -0.3 is 29.2 Å². The van der Waals surface area contributed by atoms with Crippen LogP contribution in [-0.2, 0) is 22.5 Å². The van der Waals surface area contributed by atoms with Crippen molar-refractivity contribution < 1.29 is 19.4 Å². The monoisotopic (exact) mass is 605 g/mol. The van der Waals surface area contributed by atoms with Crippen LogP contribution in [-0.4, -0.2) is 43.4 Å². The van der Waals surface area contributed by atoms with Gasteiger partial charge >= 0.3 is 14.2 Å². The van der Waals surface area contributed by atoms with Crippen LogP contribution >= 0.6 is 0 Å². The lowest BCUT2D eigenvalue weighted by Gasteiger charge is -2.20. The van der Waals surface area contributed by atoms with E-state index in [4.69, 9.17) is 22.5 Å². The molecular weight excluding hydrogens is 564 g/mol. The normalized spacial score (nSPS) is 11.8. The van der Waals surface area contributed by atoms with Gasteiger partial charge in [0.05, 0.1) is 26.4 Å². The number of hydrogen-bond donors (Lipinski definition) is 2. The highest BCUT2D eigenvalue weighted by Crippen LogP contribution is 2.28. The molecule has 232 valence electrons. The molecule has 3 aromatic carbocycles. The van der Waals surface area contributed by atoms with Crippen molar-refractivity contribution in [1.29, 1.82) is 0 Å². The zero-order chi connectivity index (χ0) is 32.2. The maximum atomic E-state index is 9.62. The Balaban J connectivity index is 0.000000277. The second-order valence-electron chi connectivity index (χ2n) is 9.33. The van der Waals surface area contributed by atoms with Crippen molar-refractivity contribution in [3.8, 4) is 0 Å². The molecule has 0 radical (unpaired) electrons. The molecule has 0 aliphatic carbocycles. The van der Waals surface area contributed by atoms with Crippen molar-refractivity contribution in [2.45, 2.75) is 48.3 Å². The van der Waals surface area contributed by atoms with Gasteiger partial charge in [-0.05, 0) is 64.5 Å². The van der Waals surface area contributed by atoms with E-state index in [9.17, 15) is 10.0 Å². The molecule has 4 aromatic rings. The summed E-state index contributed by atoms with van der Waals surface area (Å²) in [6.07, 6.45) is 1.55. The minimum atomic E-state index is -0.819. The highest BCUT2D eigenvalue weighted by molar-refractivity contribution is 6.62. The molecule has 0 unspecified atom stereocenters. The van der Waals surface area contributed by atoms with Crippen LogP contribution in [0, 0.1) is 13.1 Å². The fraction of sp³-hybridized carbons (Fsp3) is 0.265. The summed E-state index contributed by atoms with van der Waals surface area (Å²) in [7, 11) is 2.26. The van der Waals surface area contributed by atoms with Gasteiger partial charge in [-0.2, -0.15) is 0 Å². The molecule has 0 spiro atoms. The summed E-state index contributed by atoms with van der Waals surface area (Å²) in [4.78, 5) is 14.9. The predicted molar refractivity (Wildman–Crippen MR) is 186 cm³/mol. The number of nitrogens with zero attached hydrogens (tertiary/aromatic N) is 5. The highest BCUT2D eigenvalue weighted by atomic mass is 16.5. The van der Waals surface area contributed by atoms with Crippen LogP contribution in [0.2, 0.25) is 0 Å². The van der Waals surface area contributed by atoms with Crippen molar-refractivity contribution in [1.82, 2.24) is 4.98 Å². The lowest BCUT2D eigenvalue weighted by Crippen LogP contribution is -2.28.